The summed E-state index contributed by atoms with van der Waals surface area (Å²) in [5.41, 5.74) is -0.279. The monoisotopic (exact) mass is 365 g/mol. The molecule has 2 atom stereocenters. The van der Waals surface area contributed by atoms with Gasteiger partial charge in [-0.15, -0.1) is 0 Å². The summed E-state index contributed by atoms with van der Waals surface area (Å²) in [6, 6.07) is 4.00. The Balaban J connectivity index is 2.13. The highest BCUT2D eigenvalue weighted by atomic mass is 79.9. The van der Waals surface area contributed by atoms with Gasteiger partial charge in [0.2, 0.25) is 0 Å². The minimum Gasteiger partial charge on any atom is -0.382 e. The highest BCUT2D eigenvalue weighted by Crippen LogP contribution is 2.45. The summed E-state index contributed by atoms with van der Waals surface area (Å²) in [6.07, 6.45) is -3.40. The molecule has 0 spiro atoms. The Kier molecular flexibility index (Phi) is 4.59. The van der Waals surface area contributed by atoms with Crippen LogP contribution in [0.3, 0.4) is 0 Å². The van der Waals surface area contributed by atoms with Crippen molar-refractivity contribution in [3.63, 3.8) is 0 Å². The fourth-order valence-corrected chi connectivity index (χ4v) is 3.15. The second-order valence-electron chi connectivity index (χ2n) is 5.92. The van der Waals surface area contributed by atoms with E-state index in [9.17, 15) is 13.2 Å². The molecule has 118 valence electrons. The Morgan fingerprint density at radius 3 is 2.52 bits per heavy atom. The van der Waals surface area contributed by atoms with Gasteiger partial charge in [0, 0.05) is 28.2 Å². The van der Waals surface area contributed by atoms with Crippen LogP contribution >= 0.6 is 15.9 Å². The molecule has 6 heteroatoms. The standard InChI is InChI=1S/C15H19BrF3NO/c1-4-21-13-8-12(14(13,2)3)20-11-6-9(15(17,18)19)5-10(16)7-11/h5-7,12-13,20H,4,8H2,1-3H3. The third kappa shape index (κ3) is 3.54. The average Bonchev–Trinajstić information content (AvgIpc) is 2.36. The lowest BCUT2D eigenvalue weighted by molar-refractivity contribution is -0.137. The molecule has 1 aromatic carbocycles. The van der Waals surface area contributed by atoms with Crippen molar-refractivity contribution in [2.24, 2.45) is 5.41 Å². The second kappa shape index (κ2) is 5.80. The van der Waals surface area contributed by atoms with Crippen molar-refractivity contribution in [2.45, 2.75) is 45.5 Å². The summed E-state index contributed by atoms with van der Waals surface area (Å²) in [5, 5.41) is 3.20. The van der Waals surface area contributed by atoms with E-state index >= 15 is 0 Å². The quantitative estimate of drug-likeness (QED) is 0.802. The molecule has 1 saturated carbocycles. The van der Waals surface area contributed by atoms with E-state index in [2.05, 4.69) is 35.1 Å². The molecule has 0 saturated heterocycles. The molecule has 2 nitrogen and oxygen atoms in total. The molecule has 0 aliphatic heterocycles. The third-order valence-corrected chi connectivity index (χ3v) is 4.57. The van der Waals surface area contributed by atoms with Gasteiger partial charge in [-0.05, 0) is 31.5 Å². The Labute approximate surface area is 131 Å². The van der Waals surface area contributed by atoms with E-state index < -0.39 is 11.7 Å². The molecule has 2 unspecified atom stereocenters. The maximum Gasteiger partial charge on any atom is 0.416 e. The molecular weight excluding hydrogens is 347 g/mol. The van der Waals surface area contributed by atoms with Crippen LogP contribution in [0.5, 0.6) is 0 Å². The topological polar surface area (TPSA) is 21.3 Å². The molecular formula is C15H19BrF3NO. The first-order chi connectivity index (χ1) is 9.64. The molecule has 0 radical (unpaired) electrons. The van der Waals surface area contributed by atoms with Gasteiger partial charge in [0.15, 0.2) is 0 Å². The first-order valence-electron chi connectivity index (χ1n) is 6.90. The van der Waals surface area contributed by atoms with Crippen molar-refractivity contribution in [3.05, 3.63) is 28.2 Å². The Morgan fingerprint density at radius 2 is 2.00 bits per heavy atom. The maximum atomic E-state index is 12.8. The van der Waals surface area contributed by atoms with Crippen LogP contribution in [-0.4, -0.2) is 18.8 Å². The first-order valence-corrected chi connectivity index (χ1v) is 7.69. The number of anilines is 1. The number of halogens is 4. The van der Waals surface area contributed by atoms with Crippen LogP contribution in [0, 0.1) is 5.41 Å². The highest BCUT2D eigenvalue weighted by molar-refractivity contribution is 9.10. The van der Waals surface area contributed by atoms with Crippen molar-refractivity contribution < 1.29 is 17.9 Å². The number of nitrogens with one attached hydrogen (secondary N) is 1. The van der Waals surface area contributed by atoms with E-state index in [1.54, 1.807) is 6.07 Å². The number of ether oxygens (including phenoxy) is 1. The summed E-state index contributed by atoms with van der Waals surface area (Å²) in [7, 11) is 0. The van der Waals surface area contributed by atoms with E-state index in [1.165, 1.54) is 0 Å². The molecule has 1 N–H and O–H groups in total. The van der Waals surface area contributed by atoms with Crippen LogP contribution < -0.4 is 5.32 Å². The second-order valence-corrected chi connectivity index (χ2v) is 6.84. The van der Waals surface area contributed by atoms with Crippen molar-refractivity contribution in [3.8, 4) is 0 Å². The van der Waals surface area contributed by atoms with Gasteiger partial charge in [0.25, 0.3) is 0 Å². The van der Waals surface area contributed by atoms with Gasteiger partial charge in [0.1, 0.15) is 0 Å². The predicted octanol–water partition coefficient (Wildman–Crippen LogP) is 5.08. The molecule has 0 heterocycles. The lowest BCUT2D eigenvalue weighted by Crippen LogP contribution is -2.58. The molecule has 1 aliphatic rings. The predicted molar refractivity (Wildman–Crippen MR) is 80.4 cm³/mol. The van der Waals surface area contributed by atoms with Crippen LogP contribution in [0.2, 0.25) is 0 Å². The smallest absolute Gasteiger partial charge is 0.382 e. The zero-order chi connectivity index (χ0) is 15.8. The van der Waals surface area contributed by atoms with Gasteiger partial charge in [-0.1, -0.05) is 29.8 Å². The molecule has 0 amide bonds. The molecule has 1 fully saturated rings. The molecule has 1 aliphatic carbocycles. The minimum absolute atomic E-state index is 0.100. The fraction of sp³-hybridized carbons (Fsp3) is 0.600. The molecule has 21 heavy (non-hydrogen) atoms. The van der Waals surface area contributed by atoms with Crippen molar-refractivity contribution in [1.29, 1.82) is 0 Å². The van der Waals surface area contributed by atoms with E-state index in [0.29, 0.717) is 16.8 Å². The SMILES string of the molecule is CCOC1CC(Nc2cc(Br)cc(C(F)(F)F)c2)C1(C)C. The summed E-state index contributed by atoms with van der Waals surface area (Å²) < 4.78 is 44.5. The summed E-state index contributed by atoms with van der Waals surface area (Å²) in [5.74, 6) is 0. The zero-order valence-electron chi connectivity index (χ0n) is 12.2. The zero-order valence-corrected chi connectivity index (χ0v) is 13.8. The van der Waals surface area contributed by atoms with Gasteiger partial charge in [-0.25, -0.2) is 0 Å². The van der Waals surface area contributed by atoms with E-state index in [4.69, 9.17) is 4.74 Å². The number of hydrogen-bond acceptors (Lipinski definition) is 2. The normalized spacial score (nSPS) is 24.5. The molecule has 0 aromatic heterocycles. The third-order valence-electron chi connectivity index (χ3n) is 4.11. The Bertz CT molecular complexity index is 516. The maximum absolute atomic E-state index is 12.8. The first kappa shape index (κ1) is 16.6. The van der Waals surface area contributed by atoms with Crippen LogP contribution in [0.25, 0.3) is 0 Å². The fourth-order valence-electron chi connectivity index (χ4n) is 2.65. The summed E-state index contributed by atoms with van der Waals surface area (Å²) in [4.78, 5) is 0. The van der Waals surface area contributed by atoms with Crippen LogP contribution in [0.15, 0.2) is 22.7 Å². The molecule has 2 rings (SSSR count). The van der Waals surface area contributed by atoms with Gasteiger partial charge in [-0.3, -0.25) is 0 Å². The van der Waals surface area contributed by atoms with Gasteiger partial charge >= 0.3 is 6.18 Å². The van der Waals surface area contributed by atoms with Crippen LogP contribution in [-0.2, 0) is 10.9 Å². The van der Waals surface area contributed by atoms with E-state index in [-0.39, 0.29) is 17.6 Å². The van der Waals surface area contributed by atoms with Crippen LogP contribution in [0.4, 0.5) is 18.9 Å². The average molecular weight is 366 g/mol. The van der Waals surface area contributed by atoms with Gasteiger partial charge < -0.3 is 10.1 Å². The Morgan fingerprint density at radius 1 is 1.33 bits per heavy atom. The van der Waals surface area contributed by atoms with Crippen molar-refractivity contribution in [1.82, 2.24) is 0 Å². The minimum atomic E-state index is -4.34. The number of rotatable bonds is 4. The molecule has 1 aromatic rings. The van der Waals surface area contributed by atoms with Gasteiger partial charge in [-0.2, -0.15) is 13.2 Å². The number of benzene rings is 1. The summed E-state index contributed by atoms with van der Waals surface area (Å²) in [6.45, 7) is 6.73. The van der Waals surface area contributed by atoms with Crippen molar-refractivity contribution >= 4 is 21.6 Å². The van der Waals surface area contributed by atoms with Crippen molar-refractivity contribution in [2.75, 3.05) is 11.9 Å². The lowest BCUT2D eigenvalue weighted by Gasteiger charge is -2.52. The lowest BCUT2D eigenvalue weighted by atomic mass is 9.64. The number of hydrogen-bond donors (Lipinski definition) is 1. The van der Waals surface area contributed by atoms with E-state index in [0.717, 1.165) is 18.6 Å². The largest absolute Gasteiger partial charge is 0.416 e. The molecule has 0 bridgehead atoms. The highest BCUT2D eigenvalue weighted by Gasteiger charge is 2.49. The van der Waals surface area contributed by atoms with Gasteiger partial charge in [0.05, 0.1) is 11.7 Å². The summed E-state index contributed by atoms with van der Waals surface area (Å²) >= 11 is 3.14. The van der Waals surface area contributed by atoms with Crippen LogP contribution in [0.1, 0.15) is 32.8 Å². The Hall–Kier alpha value is -0.750. The number of alkyl halides is 3. The van der Waals surface area contributed by atoms with E-state index in [1.807, 2.05) is 6.92 Å².